The van der Waals surface area contributed by atoms with Crippen molar-refractivity contribution in [1.29, 1.82) is 0 Å². The Balaban J connectivity index is 2.22. The van der Waals surface area contributed by atoms with Gasteiger partial charge in [-0.15, -0.1) is 11.3 Å². The van der Waals surface area contributed by atoms with E-state index in [0.29, 0.717) is 17.9 Å². The second kappa shape index (κ2) is 5.49. The van der Waals surface area contributed by atoms with Crippen LogP contribution in [0.1, 0.15) is 10.4 Å². The molecule has 18 heavy (non-hydrogen) atoms. The Labute approximate surface area is 116 Å². The van der Waals surface area contributed by atoms with Gasteiger partial charge in [0, 0.05) is 10.0 Å². The van der Waals surface area contributed by atoms with E-state index in [2.05, 4.69) is 15.9 Å². The highest BCUT2D eigenvalue weighted by Gasteiger charge is 2.18. The van der Waals surface area contributed by atoms with Crippen LogP contribution in [-0.2, 0) is 6.61 Å². The van der Waals surface area contributed by atoms with E-state index in [9.17, 15) is 10.1 Å². The standard InChI is InChI=1S/C12H10BrNO3S/c1-8-3-2-4-10(12(8)14(15)16)17-7-11-9(13)5-6-18-11/h2-6H,7H2,1H3. The molecule has 1 aromatic heterocycles. The molecular weight excluding hydrogens is 318 g/mol. The van der Waals surface area contributed by atoms with Crippen LogP contribution in [0.2, 0.25) is 0 Å². The van der Waals surface area contributed by atoms with E-state index in [1.165, 1.54) is 0 Å². The summed E-state index contributed by atoms with van der Waals surface area (Å²) in [5.74, 6) is 0.306. The van der Waals surface area contributed by atoms with E-state index in [-0.39, 0.29) is 5.69 Å². The smallest absolute Gasteiger partial charge is 0.313 e. The molecule has 0 saturated carbocycles. The minimum absolute atomic E-state index is 0.0326. The number of ether oxygens (including phenoxy) is 1. The molecular formula is C12H10BrNO3S. The minimum atomic E-state index is -0.409. The SMILES string of the molecule is Cc1cccc(OCc2sccc2Br)c1[N+](=O)[O-]. The molecule has 94 valence electrons. The first kappa shape index (κ1) is 13.0. The summed E-state index contributed by atoms with van der Waals surface area (Å²) in [6.07, 6.45) is 0. The van der Waals surface area contributed by atoms with Gasteiger partial charge in [0.05, 0.1) is 9.80 Å². The Morgan fingerprint density at radius 3 is 2.83 bits per heavy atom. The normalized spacial score (nSPS) is 10.3. The molecule has 0 fully saturated rings. The van der Waals surface area contributed by atoms with Gasteiger partial charge in [0.2, 0.25) is 0 Å². The lowest BCUT2D eigenvalue weighted by atomic mass is 10.2. The molecule has 0 aliphatic rings. The fourth-order valence-electron chi connectivity index (χ4n) is 1.55. The second-order valence-corrected chi connectivity index (χ2v) is 5.51. The van der Waals surface area contributed by atoms with Gasteiger partial charge >= 0.3 is 5.69 Å². The fraction of sp³-hybridized carbons (Fsp3) is 0.167. The van der Waals surface area contributed by atoms with Crippen molar-refractivity contribution in [3.05, 3.63) is 54.7 Å². The van der Waals surface area contributed by atoms with Gasteiger partial charge < -0.3 is 4.74 Å². The zero-order valence-electron chi connectivity index (χ0n) is 9.55. The number of hydrogen-bond donors (Lipinski definition) is 0. The molecule has 0 saturated heterocycles. The van der Waals surface area contributed by atoms with Crippen LogP contribution in [0.15, 0.2) is 34.1 Å². The molecule has 6 heteroatoms. The predicted molar refractivity (Wildman–Crippen MR) is 74.2 cm³/mol. The lowest BCUT2D eigenvalue weighted by molar-refractivity contribution is -0.386. The number of nitro groups is 1. The zero-order valence-corrected chi connectivity index (χ0v) is 12.0. The number of nitrogens with zero attached hydrogens (tertiary/aromatic N) is 1. The Morgan fingerprint density at radius 1 is 1.44 bits per heavy atom. The number of halogens is 1. The molecule has 0 aliphatic heterocycles. The molecule has 0 atom stereocenters. The summed E-state index contributed by atoms with van der Waals surface area (Å²) in [4.78, 5) is 11.6. The quantitative estimate of drug-likeness (QED) is 0.621. The van der Waals surface area contributed by atoms with E-state index in [1.807, 2.05) is 11.4 Å². The maximum Gasteiger partial charge on any atom is 0.313 e. The molecule has 1 aromatic carbocycles. The van der Waals surface area contributed by atoms with Crippen LogP contribution in [0.4, 0.5) is 5.69 Å². The molecule has 2 rings (SSSR count). The van der Waals surface area contributed by atoms with Crippen LogP contribution in [0, 0.1) is 17.0 Å². The van der Waals surface area contributed by atoms with Crippen LogP contribution in [0.25, 0.3) is 0 Å². The monoisotopic (exact) mass is 327 g/mol. The van der Waals surface area contributed by atoms with Crippen LogP contribution in [0.5, 0.6) is 5.75 Å². The van der Waals surface area contributed by atoms with E-state index in [0.717, 1.165) is 9.35 Å². The van der Waals surface area contributed by atoms with Crippen molar-refractivity contribution < 1.29 is 9.66 Å². The average Bonchev–Trinajstić information content (AvgIpc) is 2.71. The van der Waals surface area contributed by atoms with Crippen molar-refractivity contribution >= 4 is 33.0 Å². The van der Waals surface area contributed by atoms with E-state index >= 15 is 0 Å². The summed E-state index contributed by atoms with van der Waals surface area (Å²) >= 11 is 4.94. The van der Waals surface area contributed by atoms with Crippen molar-refractivity contribution in [3.63, 3.8) is 0 Å². The van der Waals surface area contributed by atoms with Gasteiger partial charge in [-0.2, -0.15) is 0 Å². The first-order chi connectivity index (χ1) is 8.59. The zero-order chi connectivity index (χ0) is 13.1. The molecule has 4 nitrogen and oxygen atoms in total. The van der Waals surface area contributed by atoms with Gasteiger partial charge in [-0.25, -0.2) is 0 Å². The van der Waals surface area contributed by atoms with Gasteiger partial charge in [-0.3, -0.25) is 10.1 Å². The third-order valence-electron chi connectivity index (χ3n) is 2.43. The van der Waals surface area contributed by atoms with E-state index < -0.39 is 4.92 Å². The number of hydrogen-bond acceptors (Lipinski definition) is 4. The summed E-state index contributed by atoms with van der Waals surface area (Å²) in [7, 11) is 0. The maximum absolute atomic E-state index is 11.0. The lowest BCUT2D eigenvalue weighted by Crippen LogP contribution is -1.99. The first-order valence-corrected chi connectivity index (χ1v) is 6.85. The third-order valence-corrected chi connectivity index (χ3v) is 4.33. The summed E-state index contributed by atoms with van der Waals surface area (Å²) in [5, 5.41) is 12.9. The molecule has 1 heterocycles. The van der Waals surface area contributed by atoms with Crippen LogP contribution >= 0.6 is 27.3 Å². The Morgan fingerprint density at radius 2 is 2.22 bits per heavy atom. The minimum Gasteiger partial charge on any atom is -0.481 e. The fourth-order valence-corrected chi connectivity index (χ4v) is 2.93. The molecule has 0 aliphatic carbocycles. The molecule has 0 radical (unpaired) electrons. The van der Waals surface area contributed by atoms with Crippen molar-refractivity contribution in [2.75, 3.05) is 0 Å². The number of nitro benzene ring substituents is 1. The van der Waals surface area contributed by atoms with Gasteiger partial charge in [0.15, 0.2) is 5.75 Å². The van der Waals surface area contributed by atoms with Gasteiger partial charge in [-0.1, -0.05) is 12.1 Å². The van der Waals surface area contributed by atoms with Crippen molar-refractivity contribution in [3.8, 4) is 5.75 Å². The Hall–Kier alpha value is -1.40. The van der Waals surface area contributed by atoms with Crippen LogP contribution in [0.3, 0.4) is 0 Å². The largest absolute Gasteiger partial charge is 0.481 e. The molecule has 0 unspecified atom stereocenters. The highest BCUT2D eigenvalue weighted by molar-refractivity contribution is 9.10. The van der Waals surface area contributed by atoms with Gasteiger partial charge in [0.1, 0.15) is 6.61 Å². The summed E-state index contributed by atoms with van der Waals surface area (Å²) in [6, 6.07) is 6.99. The van der Waals surface area contributed by atoms with Crippen molar-refractivity contribution in [2.45, 2.75) is 13.5 Å². The summed E-state index contributed by atoms with van der Waals surface area (Å²) in [6.45, 7) is 2.02. The topological polar surface area (TPSA) is 52.4 Å². The predicted octanol–water partition coefficient (Wildman–Crippen LogP) is 4.31. The van der Waals surface area contributed by atoms with Crippen LogP contribution < -0.4 is 4.74 Å². The van der Waals surface area contributed by atoms with Crippen molar-refractivity contribution in [2.24, 2.45) is 0 Å². The summed E-state index contributed by atoms with van der Waals surface area (Å²) in [5.41, 5.74) is 0.632. The molecule has 0 bridgehead atoms. The van der Waals surface area contributed by atoms with E-state index in [1.54, 1.807) is 36.5 Å². The molecule has 0 amide bonds. The number of para-hydroxylation sites is 1. The maximum atomic E-state index is 11.0. The third kappa shape index (κ3) is 2.70. The van der Waals surface area contributed by atoms with E-state index in [4.69, 9.17) is 4.74 Å². The number of thiophene rings is 1. The van der Waals surface area contributed by atoms with Crippen molar-refractivity contribution in [1.82, 2.24) is 0 Å². The molecule has 0 N–H and O–H groups in total. The van der Waals surface area contributed by atoms with Gasteiger partial charge in [0.25, 0.3) is 0 Å². The highest BCUT2D eigenvalue weighted by atomic mass is 79.9. The lowest BCUT2D eigenvalue weighted by Gasteiger charge is -2.07. The molecule has 0 spiro atoms. The number of rotatable bonds is 4. The number of benzene rings is 1. The highest BCUT2D eigenvalue weighted by Crippen LogP contribution is 2.32. The Bertz CT molecular complexity index is 582. The van der Waals surface area contributed by atoms with Gasteiger partial charge in [-0.05, 0) is 40.4 Å². The first-order valence-electron chi connectivity index (χ1n) is 5.18. The molecule has 2 aromatic rings. The summed E-state index contributed by atoms with van der Waals surface area (Å²) < 4.78 is 6.50. The second-order valence-electron chi connectivity index (χ2n) is 3.66. The van der Waals surface area contributed by atoms with Crippen LogP contribution in [-0.4, -0.2) is 4.92 Å². The average molecular weight is 328 g/mol. The number of aryl methyl sites for hydroxylation is 1. The Kier molecular flexibility index (Phi) is 3.98.